The van der Waals surface area contributed by atoms with Gasteiger partial charge in [0.15, 0.2) is 0 Å². The zero-order valence-electron chi connectivity index (χ0n) is 13.9. The summed E-state index contributed by atoms with van der Waals surface area (Å²) in [5.74, 6) is -0.136. The minimum atomic E-state index is -0.136. The Balaban J connectivity index is 1.91. The third kappa shape index (κ3) is 2.32. The van der Waals surface area contributed by atoms with Crippen molar-refractivity contribution in [3.63, 3.8) is 0 Å². The highest BCUT2D eigenvalue weighted by Crippen LogP contribution is 2.45. The molecule has 24 heavy (non-hydrogen) atoms. The first-order chi connectivity index (χ1) is 11.6. The molecule has 1 unspecified atom stereocenters. The largest absolute Gasteiger partial charge is 0.359 e. The van der Waals surface area contributed by atoms with Crippen LogP contribution in [0.15, 0.2) is 42.6 Å². The lowest BCUT2D eigenvalue weighted by Gasteiger charge is -2.36. The van der Waals surface area contributed by atoms with Gasteiger partial charge in [-0.2, -0.15) is 0 Å². The van der Waals surface area contributed by atoms with E-state index in [1.807, 2.05) is 12.3 Å². The van der Waals surface area contributed by atoms with Gasteiger partial charge in [0.1, 0.15) is 5.82 Å². The minimum absolute atomic E-state index is 0.0858. The van der Waals surface area contributed by atoms with Gasteiger partial charge in [0.05, 0.1) is 11.2 Å². The number of anilines is 1. The molecule has 2 N–H and O–H groups in total. The van der Waals surface area contributed by atoms with E-state index >= 15 is 0 Å². The van der Waals surface area contributed by atoms with Crippen LogP contribution in [-0.4, -0.2) is 11.2 Å². The second-order valence-electron chi connectivity index (χ2n) is 6.72. The number of hydrogen-bond acceptors (Lipinski definition) is 2. The molecule has 1 atom stereocenters. The van der Waals surface area contributed by atoms with Gasteiger partial charge in [-0.25, -0.2) is 4.39 Å². The van der Waals surface area contributed by atoms with Gasteiger partial charge in [0.25, 0.3) is 0 Å². The van der Waals surface area contributed by atoms with E-state index in [9.17, 15) is 4.39 Å². The van der Waals surface area contributed by atoms with Crippen molar-refractivity contribution < 1.29 is 4.39 Å². The molecular weight excluding hydrogens is 319 g/mol. The van der Waals surface area contributed by atoms with Crippen molar-refractivity contribution in [3.05, 3.63) is 65.1 Å². The third-order valence-electron chi connectivity index (χ3n) is 5.31. The zero-order valence-corrected chi connectivity index (χ0v) is 14.8. The number of nitrogens with one attached hydrogen (secondary N) is 2. The van der Waals surface area contributed by atoms with E-state index in [4.69, 9.17) is 0 Å². The molecule has 124 valence electrons. The fourth-order valence-corrected chi connectivity index (χ4v) is 4.55. The number of aromatic amines is 1. The predicted octanol–water partition coefficient (Wildman–Crippen LogP) is 5.64. The molecular formula is C20H21FN2S. The molecule has 0 bridgehead atoms. The Hall–Kier alpha value is -1.94. The van der Waals surface area contributed by atoms with E-state index in [-0.39, 0.29) is 11.2 Å². The average Bonchev–Trinajstić information content (AvgIpc) is 3.01. The summed E-state index contributed by atoms with van der Waals surface area (Å²) in [5, 5.41) is 1.24. The molecule has 3 aromatic rings. The van der Waals surface area contributed by atoms with Crippen LogP contribution in [0.3, 0.4) is 0 Å². The molecule has 0 saturated heterocycles. The molecule has 4 rings (SSSR count). The van der Waals surface area contributed by atoms with E-state index in [0.29, 0.717) is 0 Å². The van der Waals surface area contributed by atoms with Crippen LogP contribution in [-0.2, 0) is 11.8 Å². The topological polar surface area (TPSA) is 27.8 Å². The van der Waals surface area contributed by atoms with E-state index in [2.05, 4.69) is 41.0 Å². The van der Waals surface area contributed by atoms with Gasteiger partial charge in [-0.15, -0.1) is 0 Å². The number of H-pyrrole nitrogens is 1. The smallest absolute Gasteiger partial charge is 0.123 e. The fraction of sp³-hybridized carbons (Fsp3) is 0.300. The van der Waals surface area contributed by atoms with Gasteiger partial charge in [-0.3, -0.25) is 0 Å². The van der Waals surface area contributed by atoms with Crippen molar-refractivity contribution in [1.29, 1.82) is 0 Å². The summed E-state index contributed by atoms with van der Waals surface area (Å²) in [4.78, 5) is 3.46. The van der Waals surface area contributed by atoms with Crippen molar-refractivity contribution >= 4 is 28.5 Å². The van der Waals surface area contributed by atoms with Crippen LogP contribution in [0.4, 0.5) is 10.1 Å². The normalized spacial score (nSPS) is 20.1. The highest BCUT2D eigenvalue weighted by Gasteiger charge is 2.35. The molecule has 1 heterocycles. The number of rotatable bonds is 3. The van der Waals surface area contributed by atoms with Gasteiger partial charge in [-0.05, 0) is 54.2 Å². The highest BCUT2D eigenvalue weighted by molar-refractivity contribution is 7.99. The lowest BCUT2D eigenvalue weighted by Crippen LogP contribution is -2.28. The molecule has 0 saturated carbocycles. The SMILES string of the molecule is CSNc1cccc2c(C3(C)CCCc4cc(F)ccc43)c[nH]c12. The lowest BCUT2D eigenvalue weighted by atomic mass is 9.67. The van der Waals surface area contributed by atoms with Gasteiger partial charge in [-0.1, -0.05) is 37.1 Å². The second-order valence-corrected chi connectivity index (χ2v) is 7.34. The fourth-order valence-electron chi connectivity index (χ4n) is 4.16. The predicted molar refractivity (Wildman–Crippen MR) is 101 cm³/mol. The van der Waals surface area contributed by atoms with Crippen molar-refractivity contribution in [1.82, 2.24) is 4.98 Å². The second kappa shape index (κ2) is 5.85. The van der Waals surface area contributed by atoms with E-state index in [1.165, 1.54) is 16.5 Å². The molecule has 2 aromatic carbocycles. The van der Waals surface area contributed by atoms with E-state index < -0.39 is 0 Å². The maximum atomic E-state index is 13.7. The maximum Gasteiger partial charge on any atom is 0.123 e. The first kappa shape index (κ1) is 15.6. The van der Waals surface area contributed by atoms with Crippen LogP contribution in [0, 0.1) is 5.82 Å². The Morgan fingerprint density at radius 2 is 2.08 bits per heavy atom. The van der Waals surface area contributed by atoms with Crippen LogP contribution in [0.5, 0.6) is 0 Å². The summed E-state index contributed by atoms with van der Waals surface area (Å²) < 4.78 is 17.0. The van der Waals surface area contributed by atoms with Crippen LogP contribution >= 0.6 is 11.9 Å². The van der Waals surface area contributed by atoms with Gasteiger partial charge in [0.2, 0.25) is 0 Å². The molecule has 4 heteroatoms. The first-order valence-corrected chi connectivity index (χ1v) is 9.54. The van der Waals surface area contributed by atoms with Crippen LogP contribution < -0.4 is 4.72 Å². The molecule has 0 spiro atoms. The van der Waals surface area contributed by atoms with Crippen molar-refractivity contribution in [3.8, 4) is 0 Å². The number of halogens is 1. The molecule has 0 aliphatic heterocycles. The molecule has 1 aliphatic carbocycles. The highest BCUT2D eigenvalue weighted by atomic mass is 32.2. The number of aryl methyl sites for hydroxylation is 1. The Bertz CT molecular complexity index is 902. The minimum Gasteiger partial charge on any atom is -0.359 e. The number of hydrogen-bond donors (Lipinski definition) is 2. The summed E-state index contributed by atoms with van der Waals surface area (Å²) in [7, 11) is 0. The molecule has 0 radical (unpaired) electrons. The third-order valence-corrected chi connectivity index (χ3v) is 5.73. The van der Waals surface area contributed by atoms with Crippen molar-refractivity contribution in [2.45, 2.75) is 31.6 Å². The van der Waals surface area contributed by atoms with Crippen molar-refractivity contribution in [2.24, 2.45) is 0 Å². The molecule has 1 aliphatic rings. The molecule has 2 nitrogen and oxygen atoms in total. The van der Waals surface area contributed by atoms with Crippen LogP contribution in [0.2, 0.25) is 0 Å². The Morgan fingerprint density at radius 3 is 2.92 bits per heavy atom. The molecule has 0 fully saturated rings. The summed E-state index contributed by atoms with van der Waals surface area (Å²) in [6.07, 6.45) is 7.29. The average molecular weight is 340 g/mol. The zero-order chi connectivity index (χ0) is 16.7. The summed E-state index contributed by atoms with van der Waals surface area (Å²) in [6, 6.07) is 11.6. The first-order valence-electron chi connectivity index (χ1n) is 8.32. The number of fused-ring (bicyclic) bond motifs is 2. The maximum absolute atomic E-state index is 13.7. The summed E-state index contributed by atoms with van der Waals surface area (Å²) in [6.45, 7) is 2.29. The van der Waals surface area contributed by atoms with Gasteiger partial charge < -0.3 is 9.71 Å². The monoisotopic (exact) mass is 340 g/mol. The Kier molecular flexibility index (Phi) is 3.80. The summed E-state index contributed by atoms with van der Waals surface area (Å²) >= 11 is 1.59. The van der Waals surface area contributed by atoms with Crippen molar-refractivity contribution in [2.75, 3.05) is 11.0 Å². The van der Waals surface area contributed by atoms with E-state index in [0.717, 1.165) is 36.0 Å². The standard InChI is InChI=1S/C20H21FN2S/c1-20(10-4-5-13-11-14(21)8-9-16(13)20)17-12-22-19-15(17)6-3-7-18(19)23-24-2/h3,6-9,11-12,22-23H,4-5,10H2,1-2H3. The summed E-state index contributed by atoms with van der Waals surface area (Å²) in [5.41, 5.74) is 5.87. The number of benzene rings is 2. The number of aromatic nitrogens is 1. The molecule has 0 amide bonds. The van der Waals surface area contributed by atoms with Crippen LogP contribution in [0.25, 0.3) is 10.9 Å². The Labute approximate surface area is 146 Å². The quantitative estimate of drug-likeness (QED) is 0.604. The van der Waals surface area contributed by atoms with E-state index in [1.54, 1.807) is 24.1 Å². The van der Waals surface area contributed by atoms with Gasteiger partial charge in [0, 0.05) is 23.3 Å². The molecule has 1 aromatic heterocycles. The lowest BCUT2D eigenvalue weighted by molar-refractivity contribution is 0.465. The van der Waals surface area contributed by atoms with Gasteiger partial charge >= 0.3 is 0 Å². The van der Waals surface area contributed by atoms with Crippen LogP contribution in [0.1, 0.15) is 36.5 Å². The Morgan fingerprint density at radius 1 is 1.21 bits per heavy atom. The number of para-hydroxylation sites is 1.